The Bertz CT molecular complexity index is 344. The van der Waals surface area contributed by atoms with Crippen molar-refractivity contribution in [2.45, 2.75) is 62.4 Å². The summed E-state index contributed by atoms with van der Waals surface area (Å²) < 4.78 is 15.4. The minimum absolute atomic E-state index is 0.134. The van der Waals surface area contributed by atoms with Crippen LogP contribution in [0.15, 0.2) is 0 Å². The smallest absolute Gasteiger partial charge is 0.212 e. The summed E-state index contributed by atoms with van der Waals surface area (Å²) in [6.45, 7) is 1.08. The molecule has 11 heteroatoms. The first kappa shape index (κ1) is 20.6. The molecular formula is C12H26N2O9. The van der Waals surface area contributed by atoms with Crippen molar-refractivity contribution in [1.29, 1.82) is 0 Å². The van der Waals surface area contributed by atoms with Gasteiger partial charge in [-0.25, -0.2) is 0 Å². The van der Waals surface area contributed by atoms with Crippen molar-refractivity contribution >= 4 is 0 Å². The standard InChI is InChI=1S/C12H26N2O9/c1-4(15)5(2-13)21-12(10(19)20)23-11-9(18)8(17)7(16)6(3-14)22-11/h4-12,15-20H,2-3,13-14H2,1H3. The maximum atomic E-state index is 9.86. The molecule has 1 fully saturated rings. The third kappa shape index (κ3) is 5.27. The van der Waals surface area contributed by atoms with Crippen LogP contribution < -0.4 is 11.5 Å². The summed E-state index contributed by atoms with van der Waals surface area (Å²) in [5.41, 5.74) is 10.8. The Morgan fingerprint density at radius 1 is 1.04 bits per heavy atom. The molecule has 23 heavy (non-hydrogen) atoms. The van der Waals surface area contributed by atoms with E-state index in [1.54, 1.807) is 0 Å². The monoisotopic (exact) mass is 342 g/mol. The number of nitrogens with two attached hydrogens (primary N) is 2. The first-order chi connectivity index (χ1) is 10.7. The molecule has 0 bridgehead atoms. The van der Waals surface area contributed by atoms with Crippen molar-refractivity contribution in [3.05, 3.63) is 0 Å². The highest BCUT2D eigenvalue weighted by Crippen LogP contribution is 2.23. The van der Waals surface area contributed by atoms with Gasteiger partial charge in [-0.2, -0.15) is 0 Å². The minimum Gasteiger partial charge on any atom is -0.391 e. The predicted molar refractivity (Wildman–Crippen MR) is 74.4 cm³/mol. The zero-order valence-corrected chi connectivity index (χ0v) is 12.7. The Balaban J connectivity index is 2.78. The largest absolute Gasteiger partial charge is 0.391 e. The van der Waals surface area contributed by atoms with E-state index in [-0.39, 0.29) is 13.1 Å². The van der Waals surface area contributed by atoms with Crippen LogP contribution in [-0.4, -0.2) is 99.2 Å². The molecule has 1 saturated heterocycles. The lowest BCUT2D eigenvalue weighted by Crippen LogP contribution is -2.61. The maximum Gasteiger partial charge on any atom is 0.212 e. The molecule has 10 N–H and O–H groups in total. The molecule has 0 aromatic carbocycles. The highest BCUT2D eigenvalue weighted by atomic mass is 16.8. The Morgan fingerprint density at radius 3 is 2.09 bits per heavy atom. The normalized spacial score (nSPS) is 36.0. The van der Waals surface area contributed by atoms with Crippen LogP contribution in [0.2, 0.25) is 0 Å². The lowest BCUT2D eigenvalue weighted by molar-refractivity contribution is -0.367. The number of aliphatic hydroxyl groups excluding tert-OH is 5. The van der Waals surface area contributed by atoms with Gasteiger partial charge in [-0.15, -0.1) is 0 Å². The second kappa shape index (κ2) is 9.15. The van der Waals surface area contributed by atoms with Crippen molar-refractivity contribution in [3.8, 4) is 0 Å². The van der Waals surface area contributed by atoms with Gasteiger partial charge in [0, 0.05) is 13.1 Å². The van der Waals surface area contributed by atoms with Crippen molar-refractivity contribution in [1.82, 2.24) is 0 Å². The van der Waals surface area contributed by atoms with Crippen molar-refractivity contribution in [2.75, 3.05) is 13.1 Å². The second-order valence-corrected chi connectivity index (χ2v) is 5.32. The van der Waals surface area contributed by atoms with Crippen LogP contribution >= 0.6 is 0 Å². The van der Waals surface area contributed by atoms with E-state index in [1.807, 2.05) is 0 Å². The topological polar surface area (TPSA) is 201 Å². The van der Waals surface area contributed by atoms with Crippen LogP contribution in [0, 0.1) is 0 Å². The van der Waals surface area contributed by atoms with E-state index in [0.717, 1.165) is 0 Å². The van der Waals surface area contributed by atoms with Gasteiger partial charge in [0.1, 0.15) is 24.4 Å². The third-order valence-corrected chi connectivity index (χ3v) is 3.49. The van der Waals surface area contributed by atoms with E-state index < -0.39 is 55.5 Å². The summed E-state index contributed by atoms with van der Waals surface area (Å²) in [5, 5.41) is 57.4. The van der Waals surface area contributed by atoms with Gasteiger partial charge in [-0.1, -0.05) is 0 Å². The molecule has 1 aliphatic heterocycles. The molecule has 0 aliphatic carbocycles. The lowest BCUT2D eigenvalue weighted by Gasteiger charge is -2.41. The van der Waals surface area contributed by atoms with E-state index in [9.17, 15) is 30.6 Å². The average Bonchev–Trinajstić information content (AvgIpc) is 2.50. The van der Waals surface area contributed by atoms with Crippen LogP contribution in [0.3, 0.4) is 0 Å². The van der Waals surface area contributed by atoms with Crippen LogP contribution in [0.25, 0.3) is 0 Å². The van der Waals surface area contributed by atoms with Crippen LogP contribution in [0.1, 0.15) is 6.92 Å². The van der Waals surface area contributed by atoms with E-state index in [4.69, 9.17) is 25.7 Å². The van der Waals surface area contributed by atoms with Gasteiger partial charge < -0.3 is 56.3 Å². The van der Waals surface area contributed by atoms with Gasteiger partial charge in [-0.05, 0) is 6.92 Å². The predicted octanol–water partition coefficient (Wildman–Crippen LogP) is -4.87. The Kier molecular flexibility index (Phi) is 8.20. The summed E-state index contributed by atoms with van der Waals surface area (Å²) >= 11 is 0. The van der Waals surface area contributed by atoms with Crippen molar-refractivity contribution in [3.63, 3.8) is 0 Å². The molecule has 1 aliphatic rings. The fourth-order valence-electron chi connectivity index (χ4n) is 2.07. The minimum atomic E-state index is -2.14. The van der Waals surface area contributed by atoms with E-state index in [2.05, 4.69) is 0 Å². The molecule has 1 rings (SSSR count). The molecule has 1 heterocycles. The van der Waals surface area contributed by atoms with Gasteiger partial charge in [-0.3, -0.25) is 0 Å². The summed E-state index contributed by atoms with van der Waals surface area (Å²) in [7, 11) is 0. The molecule has 0 spiro atoms. The fourth-order valence-corrected chi connectivity index (χ4v) is 2.07. The molecule has 0 saturated carbocycles. The van der Waals surface area contributed by atoms with Gasteiger partial charge in [0.15, 0.2) is 6.29 Å². The average molecular weight is 342 g/mol. The molecule has 138 valence electrons. The van der Waals surface area contributed by atoms with Crippen molar-refractivity contribution in [2.24, 2.45) is 11.5 Å². The second-order valence-electron chi connectivity index (χ2n) is 5.32. The number of hydrogen-bond acceptors (Lipinski definition) is 11. The zero-order chi connectivity index (χ0) is 17.7. The van der Waals surface area contributed by atoms with Crippen molar-refractivity contribution < 1.29 is 44.8 Å². The highest BCUT2D eigenvalue weighted by Gasteiger charge is 2.45. The first-order valence-corrected chi connectivity index (χ1v) is 7.17. The van der Waals surface area contributed by atoms with Gasteiger partial charge in [0.2, 0.25) is 12.6 Å². The molecule has 11 nitrogen and oxygen atoms in total. The number of hydrogen-bond donors (Lipinski definition) is 8. The molecule has 8 unspecified atom stereocenters. The fraction of sp³-hybridized carbons (Fsp3) is 1.00. The summed E-state index contributed by atoms with van der Waals surface area (Å²) in [5.74, 6) is 0. The molecule has 0 aromatic rings. The quantitative estimate of drug-likeness (QED) is 0.196. The third-order valence-electron chi connectivity index (χ3n) is 3.49. The van der Waals surface area contributed by atoms with Crippen LogP contribution in [0.4, 0.5) is 0 Å². The number of aliphatic hydroxyl groups is 6. The Morgan fingerprint density at radius 2 is 1.65 bits per heavy atom. The Hall–Kier alpha value is -0.440. The molecule has 0 radical (unpaired) electrons. The van der Waals surface area contributed by atoms with Gasteiger partial charge in [0.25, 0.3) is 0 Å². The van der Waals surface area contributed by atoms with Gasteiger partial charge in [0.05, 0.1) is 12.2 Å². The Labute approximate surface area is 133 Å². The highest BCUT2D eigenvalue weighted by molar-refractivity contribution is 4.89. The molecular weight excluding hydrogens is 316 g/mol. The number of rotatable bonds is 8. The maximum absolute atomic E-state index is 9.86. The van der Waals surface area contributed by atoms with E-state index in [1.165, 1.54) is 6.92 Å². The van der Waals surface area contributed by atoms with Crippen LogP contribution in [-0.2, 0) is 14.2 Å². The zero-order valence-electron chi connectivity index (χ0n) is 12.7. The van der Waals surface area contributed by atoms with Crippen LogP contribution in [0.5, 0.6) is 0 Å². The van der Waals surface area contributed by atoms with Gasteiger partial charge >= 0.3 is 0 Å². The molecule has 0 amide bonds. The van der Waals surface area contributed by atoms with E-state index in [0.29, 0.717) is 0 Å². The molecule has 8 atom stereocenters. The van der Waals surface area contributed by atoms with E-state index >= 15 is 0 Å². The lowest BCUT2D eigenvalue weighted by atomic mass is 9.99. The summed E-state index contributed by atoms with van der Waals surface area (Å²) in [6.07, 6.45) is -13.1. The summed E-state index contributed by atoms with van der Waals surface area (Å²) in [6, 6.07) is 0. The SMILES string of the molecule is CC(O)C(CN)OC(OC1OC(CN)C(O)C(O)C1O)C(O)O. The summed E-state index contributed by atoms with van der Waals surface area (Å²) in [4.78, 5) is 0. The number of ether oxygens (including phenoxy) is 3. The molecule has 0 aromatic heterocycles. The first-order valence-electron chi connectivity index (χ1n) is 7.17.